The van der Waals surface area contributed by atoms with Crippen LogP contribution in [0.3, 0.4) is 0 Å². The Morgan fingerprint density at radius 1 is 1.07 bits per heavy atom. The van der Waals surface area contributed by atoms with Gasteiger partial charge < -0.3 is 9.80 Å². The van der Waals surface area contributed by atoms with Gasteiger partial charge in [0.25, 0.3) is 11.7 Å². The van der Waals surface area contributed by atoms with Crippen molar-refractivity contribution in [1.82, 2.24) is 24.5 Å². The Morgan fingerprint density at radius 3 is 2.68 bits per heavy atom. The van der Waals surface area contributed by atoms with Crippen molar-refractivity contribution in [3.63, 3.8) is 0 Å². The number of nitrogens with zero attached hydrogens (tertiary/aromatic N) is 6. The highest BCUT2D eigenvalue weighted by atomic mass is 35.5. The molecule has 5 rings (SSSR count). The molecular weight excluding hydrogens is 399 g/mol. The van der Waals surface area contributed by atoms with Gasteiger partial charge in [0.15, 0.2) is 0 Å². The number of amides is 1. The van der Waals surface area contributed by atoms with E-state index in [1.54, 1.807) is 24.5 Å². The lowest BCUT2D eigenvalue weighted by Crippen LogP contribution is -2.49. The van der Waals surface area contributed by atoms with Crippen molar-refractivity contribution < 1.29 is 4.79 Å². The van der Waals surface area contributed by atoms with E-state index in [1.807, 2.05) is 9.42 Å². The van der Waals surface area contributed by atoms with Gasteiger partial charge >= 0.3 is 0 Å². The Bertz CT molecular complexity index is 1070. The first-order valence-electron chi connectivity index (χ1n) is 9.32. The molecule has 0 bridgehead atoms. The number of piperazine rings is 1. The van der Waals surface area contributed by atoms with Gasteiger partial charge in [-0.1, -0.05) is 23.2 Å². The molecule has 0 unspecified atom stereocenters. The van der Waals surface area contributed by atoms with Crippen molar-refractivity contribution in [3.05, 3.63) is 51.4 Å². The molecule has 0 N–H and O–H groups in total. The van der Waals surface area contributed by atoms with Crippen LogP contribution in [0.5, 0.6) is 0 Å². The molecule has 3 aromatic rings. The summed E-state index contributed by atoms with van der Waals surface area (Å²) in [5, 5.41) is 5.29. The quantitative estimate of drug-likeness (QED) is 0.642. The Morgan fingerprint density at radius 2 is 1.89 bits per heavy atom. The molecule has 0 atom stereocenters. The topological polar surface area (TPSA) is 66.6 Å². The molecule has 1 aliphatic carbocycles. The lowest BCUT2D eigenvalue weighted by Gasteiger charge is -2.36. The minimum absolute atomic E-state index is 0.0628. The van der Waals surface area contributed by atoms with E-state index in [4.69, 9.17) is 23.2 Å². The summed E-state index contributed by atoms with van der Waals surface area (Å²) in [5.74, 6) is 1.65. The van der Waals surface area contributed by atoms with Gasteiger partial charge in [0.2, 0.25) is 0 Å². The number of anilines is 1. The number of hydrogen-bond acceptors (Lipinski definition) is 5. The fourth-order valence-electron chi connectivity index (χ4n) is 4.08. The second-order valence-electron chi connectivity index (χ2n) is 7.09. The van der Waals surface area contributed by atoms with Crippen LogP contribution in [0.25, 0.3) is 5.78 Å². The summed E-state index contributed by atoms with van der Waals surface area (Å²) in [6.45, 7) is 2.68. The summed E-state index contributed by atoms with van der Waals surface area (Å²) in [5.41, 5.74) is 2.88. The van der Waals surface area contributed by atoms with Gasteiger partial charge in [-0.15, -0.1) is 0 Å². The van der Waals surface area contributed by atoms with E-state index >= 15 is 0 Å². The standard InChI is InChI=1S/C19H18Cl2N6O/c20-12-4-5-13(15(21)10-12)18(28)26-8-6-25(7-9-26)17-14-2-1-3-16(14)24-19-22-11-23-27(17)19/h4-5,10-11H,1-3,6-9H2. The summed E-state index contributed by atoms with van der Waals surface area (Å²) in [4.78, 5) is 25.9. The highest BCUT2D eigenvalue weighted by molar-refractivity contribution is 6.36. The van der Waals surface area contributed by atoms with Crippen LogP contribution in [0.15, 0.2) is 24.5 Å². The van der Waals surface area contributed by atoms with Gasteiger partial charge in [-0.3, -0.25) is 4.79 Å². The van der Waals surface area contributed by atoms with Crippen LogP contribution < -0.4 is 4.90 Å². The number of rotatable bonds is 2. The second-order valence-corrected chi connectivity index (χ2v) is 7.93. The predicted octanol–water partition coefficient (Wildman–Crippen LogP) is 2.88. The van der Waals surface area contributed by atoms with Gasteiger partial charge in [-0.2, -0.15) is 14.6 Å². The molecule has 0 spiro atoms. The molecule has 0 saturated carbocycles. The molecule has 2 aliphatic rings. The number of benzene rings is 1. The summed E-state index contributed by atoms with van der Waals surface area (Å²) in [6.07, 6.45) is 4.64. The number of carbonyl (C=O) groups excluding carboxylic acids is 1. The van der Waals surface area contributed by atoms with Crippen LogP contribution in [0.4, 0.5) is 5.82 Å². The SMILES string of the molecule is O=C(c1ccc(Cl)cc1Cl)N1CCN(c2c3c(nc4ncnn24)CCC3)CC1. The molecule has 28 heavy (non-hydrogen) atoms. The number of carbonyl (C=O) groups is 1. The molecule has 1 aromatic carbocycles. The fourth-order valence-corrected chi connectivity index (χ4v) is 4.57. The van der Waals surface area contributed by atoms with Gasteiger partial charge in [-0.25, -0.2) is 4.98 Å². The Balaban J connectivity index is 1.39. The summed E-state index contributed by atoms with van der Waals surface area (Å²) < 4.78 is 1.83. The van der Waals surface area contributed by atoms with Crippen molar-refractivity contribution in [2.24, 2.45) is 0 Å². The van der Waals surface area contributed by atoms with Crippen LogP contribution >= 0.6 is 23.2 Å². The second kappa shape index (κ2) is 6.90. The minimum Gasteiger partial charge on any atom is -0.353 e. The Kier molecular flexibility index (Phi) is 4.36. The largest absolute Gasteiger partial charge is 0.353 e. The Labute approximate surface area is 171 Å². The van der Waals surface area contributed by atoms with E-state index in [2.05, 4.69) is 20.0 Å². The van der Waals surface area contributed by atoms with E-state index in [-0.39, 0.29) is 5.91 Å². The molecule has 1 amide bonds. The first-order valence-corrected chi connectivity index (χ1v) is 10.1. The zero-order valence-corrected chi connectivity index (χ0v) is 16.6. The Hall–Kier alpha value is -2.38. The zero-order valence-electron chi connectivity index (χ0n) is 15.1. The van der Waals surface area contributed by atoms with E-state index in [0.717, 1.165) is 43.9 Å². The molecule has 9 heteroatoms. The first-order chi connectivity index (χ1) is 13.6. The molecule has 0 radical (unpaired) electrons. The van der Waals surface area contributed by atoms with Crippen molar-refractivity contribution >= 4 is 40.7 Å². The molecular formula is C19H18Cl2N6O. The fraction of sp³-hybridized carbons (Fsp3) is 0.368. The van der Waals surface area contributed by atoms with Crippen LogP contribution in [0, 0.1) is 0 Å². The molecule has 144 valence electrons. The van der Waals surface area contributed by atoms with Gasteiger partial charge in [0.1, 0.15) is 12.1 Å². The maximum Gasteiger partial charge on any atom is 0.255 e. The lowest BCUT2D eigenvalue weighted by molar-refractivity contribution is 0.0746. The van der Waals surface area contributed by atoms with Crippen LogP contribution in [-0.4, -0.2) is 56.6 Å². The highest BCUT2D eigenvalue weighted by Gasteiger charge is 2.29. The molecule has 1 aliphatic heterocycles. The third-order valence-corrected chi connectivity index (χ3v) is 6.00. The van der Waals surface area contributed by atoms with Crippen LogP contribution in [0.1, 0.15) is 28.0 Å². The molecule has 2 aromatic heterocycles. The monoisotopic (exact) mass is 416 g/mol. The van der Waals surface area contributed by atoms with Crippen molar-refractivity contribution in [2.45, 2.75) is 19.3 Å². The van der Waals surface area contributed by atoms with Crippen LogP contribution in [0.2, 0.25) is 10.0 Å². The normalized spacial score (nSPS) is 16.6. The average molecular weight is 417 g/mol. The van der Waals surface area contributed by atoms with E-state index in [1.165, 1.54) is 5.56 Å². The maximum absolute atomic E-state index is 12.9. The third kappa shape index (κ3) is 2.89. The van der Waals surface area contributed by atoms with E-state index in [9.17, 15) is 4.79 Å². The third-order valence-electron chi connectivity index (χ3n) is 5.45. The molecule has 1 fully saturated rings. The van der Waals surface area contributed by atoms with E-state index in [0.29, 0.717) is 34.5 Å². The number of aromatic nitrogens is 4. The smallest absolute Gasteiger partial charge is 0.255 e. The van der Waals surface area contributed by atoms with Crippen molar-refractivity contribution in [1.29, 1.82) is 0 Å². The number of hydrogen-bond donors (Lipinski definition) is 0. The average Bonchev–Trinajstić information content (AvgIpc) is 3.34. The van der Waals surface area contributed by atoms with Crippen molar-refractivity contribution in [2.75, 3.05) is 31.1 Å². The van der Waals surface area contributed by atoms with Crippen molar-refractivity contribution in [3.8, 4) is 0 Å². The summed E-state index contributed by atoms with van der Waals surface area (Å²) >= 11 is 12.2. The first kappa shape index (κ1) is 17.7. The number of aryl methyl sites for hydroxylation is 1. The predicted molar refractivity (Wildman–Crippen MR) is 107 cm³/mol. The highest BCUT2D eigenvalue weighted by Crippen LogP contribution is 2.31. The maximum atomic E-state index is 12.9. The van der Waals surface area contributed by atoms with Crippen LogP contribution in [-0.2, 0) is 12.8 Å². The van der Waals surface area contributed by atoms with Gasteiger partial charge in [0, 0.05) is 36.8 Å². The van der Waals surface area contributed by atoms with Gasteiger partial charge in [0.05, 0.1) is 16.3 Å². The number of fused-ring (bicyclic) bond motifs is 2. The molecule has 1 saturated heterocycles. The lowest BCUT2D eigenvalue weighted by atomic mass is 10.1. The zero-order chi connectivity index (χ0) is 19.3. The summed E-state index contributed by atoms with van der Waals surface area (Å²) in [6, 6.07) is 4.99. The molecule has 3 heterocycles. The molecule has 7 nitrogen and oxygen atoms in total. The number of halogens is 2. The summed E-state index contributed by atoms with van der Waals surface area (Å²) in [7, 11) is 0. The minimum atomic E-state index is -0.0628. The van der Waals surface area contributed by atoms with Gasteiger partial charge in [-0.05, 0) is 37.5 Å². The van der Waals surface area contributed by atoms with E-state index < -0.39 is 0 Å².